The largest absolute Gasteiger partial charge is 0.401 e. The van der Waals surface area contributed by atoms with Crippen molar-refractivity contribution in [1.29, 1.82) is 0 Å². The molecule has 0 aliphatic carbocycles. The maximum atomic E-state index is 10.8. The molecule has 0 aliphatic rings. The molecule has 0 atom stereocenters. The summed E-state index contributed by atoms with van der Waals surface area (Å²) in [6.45, 7) is 0.0484. The Morgan fingerprint density at radius 2 is 1.19 bits per heavy atom. The van der Waals surface area contributed by atoms with E-state index in [1.807, 2.05) is 5.09 Å². The van der Waals surface area contributed by atoms with Gasteiger partial charge >= 0.3 is 23.2 Å². The van der Waals surface area contributed by atoms with E-state index in [0.29, 0.717) is 19.3 Å². The molecule has 0 spiro atoms. The fraction of sp³-hybridized carbons (Fsp3) is 1.00. The van der Waals surface area contributed by atoms with Crippen LogP contribution in [0.4, 0.5) is 0 Å². The topological polar surface area (TPSA) is 209 Å². The predicted molar refractivity (Wildman–Crippen MR) is 72.7 cm³/mol. The predicted octanol–water partition coefficient (Wildman–Crippen LogP) is -1.08. The molecule has 0 unspecified atom stereocenters. The van der Waals surface area contributed by atoms with E-state index in [1.165, 1.54) is 0 Å². The van der Waals surface area contributed by atoms with Gasteiger partial charge in [0.05, 0.1) is 6.17 Å². The maximum absolute atomic E-state index is 10.8. The van der Waals surface area contributed by atoms with Gasteiger partial charge in [0.1, 0.15) is 0 Å². The molecule has 15 heteroatoms. The van der Waals surface area contributed by atoms with Gasteiger partial charge in [0, 0.05) is 6.54 Å². The van der Waals surface area contributed by atoms with Gasteiger partial charge in [-0.05, 0) is 12.8 Å². The van der Waals surface area contributed by atoms with E-state index in [1.54, 1.807) is 10.2 Å². The Balaban J connectivity index is 4.10. The van der Waals surface area contributed by atoms with Crippen LogP contribution in [-0.4, -0.2) is 42.1 Å². The lowest BCUT2D eigenvalue weighted by Gasteiger charge is -2.21. The van der Waals surface area contributed by atoms with Gasteiger partial charge in [0.25, 0.3) is 0 Å². The average Bonchev–Trinajstić information content (AvgIpc) is 2.16. The minimum absolute atomic E-state index is 0.00608. The van der Waals surface area contributed by atoms with Gasteiger partial charge in [-0.15, -0.1) is 0 Å². The van der Waals surface area contributed by atoms with Gasteiger partial charge in [0.2, 0.25) is 0 Å². The van der Waals surface area contributed by atoms with Crippen LogP contribution in [-0.2, 0) is 13.7 Å². The molecule has 0 rings (SSSR count). The smallest absolute Gasteiger partial charge is 0.313 e. The highest BCUT2D eigenvalue weighted by molar-refractivity contribution is 7.50. The highest BCUT2D eigenvalue weighted by Gasteiger charge is 2.25. The van der Waals surface area contributed by atoms with Crippen LogP contribution in [0.1, 0.15) is 25.7 Å². The standard InChI is InChI=1S/C6H20N3O9P3/c10-19(11,12)7-5-3-1-2-4-6(8-20(13,14)15)9-21(16,17)18/h6H,1-5H2,(H3,7,10,11,12)(H3,8,13,14,15)(H3,9,16,17,18). The van der Waals surface area contributed by atoms with Crippen LogP contribution in [0.25, 0.3) is 0 Å². The molecule has 0 saturated carbocycles. The summed E-state index contributed by atoms with van der Waals surface area (Å²) in [4.78, 5) is 52.0. The normalized spacial score (nSPS) is 13.9. The molecule has 0 heterocycles. The van der Waals surface area contributed by atoms with Gasteiger partial charge in [-0.2, -0.15) is 0 Å². The highest BCUT2D eigenvalue weighted by Crippen LogP contribution is 2.34. The number of hydrogen-bond donors (Lipinski definition) is 9. The van der Waals surface area contributed by atoms with Crippen LogP contribution in [0.2, 0.25) is 0 Å². The van der Waals surface area contributed by atoms with Gasteiger partial charge in [-0.3, -0.25) is 0 Å². The van der Waals surface area contributed by atoms with Crippen molar-refractivity contribution in [1.82, 2.24) is 15.3 Å². The average molecular weight is 371 g/mol. The molecule has 0 aromatic carbocycles. The minimum atomic E-state index is -4.66. The number of nitrogens with one attached hydrogen (secondary N) is 3. The fourth-order valence-corrected chi connectivity index (χ4v) is 3.19. The molecule has 0 bridgehead atoms. The lowest BCUT2D eigenvalue weighted by Crippen LogP contribution is -2.38. The first-order valence-corrected chi connectivity index (χ1v) is 10.6. The van der Waals surface area contributed by atoms with Crippen molar-refractivity contribution in [3.63, 3.8) is 0 Å². The molecule has 0 aromatic rings. The Kier molecular flexibility index (Phi) is 8.97. The van der Waals surface area contributed by atoms with Crippen LogP contribution >= 0.6 is 23.2 Å². The Morgan fingerprint density at radius 3 is 1.57 bits per heavy atom. The van der Waals surface area contributed by atoms with E-state index in [4.69, 9.17) is 29.4 Å². The van der Waals surface area contributed by atoms with Crippen molar-refractivity contribution in [2.45, 2.75) is 31.8 Å². The molecule has 0 radical (unpaired) electrons. The zero-order valence-electron chi connectivity index (χ0n) is 10.9. The minimum Gasteiger partial charge on any atom is -0.313 e. The number of hydrogen-bond acceptors (Lipinski definition) is 3. The molecular formula is C6H20N3O9P3. The monoisotopic (exact) mass is 371 g/mol. The van der Waals surface area contributed by atoms with Crippen LogP contribution in [0.3, 0.4) is 0 Å². The van der Waals surface area contributed by atoms with Crippen LogP contribution in [0.15, 0.2) is 0 Å². The molecular weight excluding hydrogens is 351 g/mol. The third kappa shape index (κ3) is 16.5. The van der Waals surface area contributed by atoms with E-state index in [2.05, 4.69) is 0 Å². The Hall–Kier alpha value is 0.330. The van der Waals surface area contributed by atoms with E-state index < -0.39 is 29.4 Å². The van der Waals surface area contributed by atoms with Crippen molar-refractivity contribution in [2.24, 2.45) is 0 Å². The lowest BCUT2D eigenvalue weighted by atomic mass is 10.2. The fourth-order valence-electron chi connectivity index (χ4n) is 1.44. The number of rotatable bonds is 11. The summed E-state index contributed by atoms with van der Waals surface area (Å²) in [6.07, 6.45) is -0.139. The third-order valence-corrected chi connectivity index (χ3v) is 4.07. The Bertz CT molecular complexity index is 418. The molecule has 128 valence electrons. The molecule has 9 N–H and O–H groups in total. The Labute approximate surface area is 121 Å². The van der Waals surface area contributed by atoms with Gasteiger partial charge in [0.15, 0.2) is 0 Å². The van der Waals surface area contributed by atoms with E-state index in [9.17, 15) is 13.7 Å². The van der Waals surface area contributed by atoms with Crippen molar-refractivity contribution >= 4 is 23.2 Å². The van der Waals surface area contributed by atoms with Gasteiger partial charge < -0.3 is 29.4 Å². The first-order chi connectivity index (χ1) is 9.29. The third-order valence-electron chi connectivity index (χ3n) is 2.14. The van der Waals surface area contributed by atoms with Crippen molar-refractivity contribution in [2.75, 3.05) is 6.54 Å². The summed E-state index contributed by atoms with van der Waals surface area (Å²) >= 11 is 0. The molecule has 12 nitrogen and oxygen atoms in total. The van der Waals surface area contributed by atoms with Crippen LogP contribution < -0.4 is 15.3 Å². The van der Waals surface area contributed by atoms with Crippen LogP contribution in [0, 0.1) is 0 Å². The van der Waals surface area contributed by atoms with E-state index >= 15 is 0 Å². The number of unbranched alkanes of at least 4 members (excludes halogenated alkanes) is 2. The molecule has 0 aliphatic heterocycles. The van der Waals surface area contributed by atoms with E-state index in [-0.39, 0.29) is 13.0 Å². The summed E-state index contributed by atoms with van der Waals surface area (Å²) in [5.74, 6) is 0. The summed E-state index contributed by atoms with van der Waals surface area (Å²) in [5, 5.41) is 5.48. The quantitative estimate of drug-likeness (QED) is 0.121. The second-order valence-corrected chi connectivity index (χ2v) is 8.30. The summed E-state index contributed by atoms with van der Waals surface area (Å²) in [6, 6.07) is 0. The molecule has 0 amide bonds. The Morgan fingerprint density at radius 1 is 0.714 bits per heavy atom. The zero-order valence-corrected chi connectivity index (χ0v) is 13.5. The second kappa shape index (κ2) is 8.83. The first-order valence-electron chi connectivity index (χ1n) is 5.76. The maximum Gasteiger partial charge on any atom is 0.401 e. The van der Waals surface area contributed by atoms with Crippen molar-refractivity contribution in [3.05, 3.63) is 0 Å². The molecule has 0 saturated heterocycles. The van der Waals surface area contributed by atoms with Gasteiger partial charge in [-0.25, -0.2) is 29.0 Å². The van der Waals surface area contributed by atoms with Crippen molar-refractivity contribution < 1.29 is 43.1 Å². The van der Waals surface area contributed by atoms with E-state index in [0.717, 1.165) is 0 Å². The summed E-state index contributed by atoms with van der Waals surface area (Å²) in [5.41, 5.74) is 0. The molecule has 21 heavy (non-hydrogen) atoms. The van der Waals surface area contributed by atoms with Crippen molar-refractivity contribution in [3.8, 4) is 0 Å². The van der Waals surface area contributed by atoms with Crippen LogP contribution in [0.5, 0.6) is 0 Å². The zero-order chi connectivity index (χ0) is 16.7. The molecule has 0 fully saturated rings. The lowest BCUT2D eigenvalue weighted by molar-refractivity contribution is 0.316. The highest BCUT2D eigenvalue weighted by atomic mass is 31.2. The summed E-state index contributed by atoms with van der Waals surface area (Å²) in [7, 11) is -13.6. The van der Waals surface area contributed by atoms with Gasteiger partial charge in [-0.1, -0.05) is 12.8 Å². The SMILES string of the molecule is O=P(O)(O)NCCCCCC(NP(=O)(O)O)NP(=O)(O)O. The molecule has 0 aromatic heterocycles. The summed E-state index contributed by atoms with van der Waals surface area (Å²) < 4.78 is 32.0. The first kappa shape index (κ1) is 21.3. The second-order valence-electron chi connectivity index (χ2n) is 4.20.